The van der Waals surface area contributed by atoms with E-state index in [0.29, 0.717) is 39.2 Å². The molecule has 188 valence electrons. The Hall–Kier alpha value is -4.17. The van der Waals surface area contributed by atoms with Crippen LogP contribution in [0.5, 0.6) is 11.5 Å². The Labute approximate surface area is 218 Å². The summed E-state index contributed by atoms with van der Waals surface area (Å²) >= 11 is 1.29. The summed E-state index contributed by atoms with van der Waals surface area (Å²) in [6, 6.07) is 19.1. The number of hydrogen-bond acceptors (Lipinski definition) is 7. The number of Topliss-reactive ketones (excluding diaryl/α,β-unsaturated/α-hetero) is 1. The standard InChI is InChI=1S/C29H26N2O5S/c1-16(2)17-5-7-18(8-6-17)25-24(26(32)19-9-11-20(35-3)12-10-19)27(33)28(34)31(25)29-30-22-14-13-21(36-4)15-23(22)37-29/h5-16,25,32H,1-4H3/b26-24+/t25-/m1/s1. The number of fused-ring (bicyclic) bond motifs is 1. The van der Waals surface area contributed by atoms with Crippen LogP contribution < -0.4 is 14.4 Å². The number of amides is 1. The van der Waals surface area contributed by atoms with Crippen molar-refractivity contribution < 1.29 is 24.2 Å². The van der Waals surface area contributed by atoms with Gasteiger partial charge >= 0.3 is 5.91 Å². The molecule has 2 heterocycles. The molecule has 1 aromatic heterocycles. The molecule has 0 saturated carbocycles. The predicted octanol–water partition coefficient (Wildman–Crippen LogP) is 6.06. The smallest absolute Gasteiger partial charge is 0.301 e. The van der Waals surface area contributed by atoms with E-state index in [1.165, 1.54) is 16.2 Å². The van der Waals surface area contributed by atoms with Crippen molar-refractivity contribution in [1.29, 1.82) is 0 Å². The first-order chi connectivity index (χ1) is 17.8. The Kier molecular flexibility index (Phi) is 6.43. The third-order valence-electron chi connectivity index (χ3n) is 6.52. The Morgan fingerprint density at radius 3 is 2.22 bits per heavy atom. The van der Waals surface area contributed by atoms with E-state index in [2.05, 4.69) is 18.8 Å². The number of ketones is 1. The number of nitrogens with zero attached hydrogens (tertiary/aromatic N) is 2. The zero-order chi connectivity index (χ0) is 26.3. The van der Waals surface area contributed by atoms with Gasteiger partial charge in [0, 0.05) is 5.56 Å². The summed E-state index contributed by atoms with van der Waals surface area (Å²) in [6.07, 6.45) is 0. The summed E-state index contributed by atoms with van der Waals surface area (Å²) in [5.41, 5.74) is 2.95. The number of aliphatic hydroxyl groups excluding tert-OH is 1. The number of methoxy groups -OCH3 is 2. The van der Waals surface area contributed by atoms with Crippen LogP contribution >= 0.6 is 11.3 Å². The summed E-state index contributed by atoms with van der Waals surface area (Å²) in [5.74, 6) is -0.141. The van der Waals surface area contributed by atoms with Gasteiger partial charge in [0.2, 0.25) is 0 Å². The SMILES string of the molecule is COc1ccc(/C(O)=C2\C(=O)C(=O)N(c3nc4ccc(OC)cc4s3)[C@@H]2c2ccc(C(C)C)cc2)cc1. The van der Waals surface area contributed by atoms with Crippen molar-refractivity contribution in [3.05, 3.63) is 89.0 Å². The average Bonchev–Trinajstić information content (AvgIpc) is 3.45. The van der Waals surface area contributed by atoms with Gasteiger partial charge in [-0.05, 0) is 59.5 Å². The van der Waals surface area contributed by atoms with E-state index in [1.807, 2.05) is 36.4 Å². The van der Waals surface area contributed by atoms with Gasteiger partial charge < -0.3 is 14.6 Å². The lowest BCUT2D eigenvalue weighted by Gasteiger charge is -2.23. The highest BCUT2D eigenvalue weighted by Crippen LogP contribution is 2.45. The summed E-state index contributed by atoms with van der Waals surface area (Å²) < 4.78 is 11.4. The van der Waals surface area contributed by atoms with Crippen molar-refractivity contribution in [2.24, 2.45) is 0 Å². The molecule has 1 aliphatic heterocycles. The zero-order valence-corrected chi connectivity index (χ0v) is 21.7. The lowest BCUT2D eigenvalue weighted by molar-refractivity contribution is -0.132. The molecule has 0 spiro atoms. The quantitative estimate of drug-likeness (QED) is 0.191. The van der Waals surface area contributed by atoms with Crippen LogP contribution in [0.15, 0.2) is 72.3 Å². The molecule has 0 radical (unpaired) electrons. The Bertz CT molecular complexity index is 1520. The molecule has 3 aromatic carbocycles. The van der Waals surface area contributed by atoms with Crippen LogP contribution in [0.1, 0.15) is 42.5 Å². The van der Waals surface area contributed by atoms with Crippen LogP contribution in [0.4, 0.5) is 5.13 Å². The molecule has 1 N–H and O–H groups in total. The van der Waals surface area contributed by atoms with Gasteiger partial charge in [0.05, 0.1) is 36.1 Å². The van der Waals surface area contributed by atoms with Crippen LogP contribution in [-0.4, -0.2) is 36.0 Å². The maximum absolute atomic E-state index is 13.5. The third kappa shape index (κ3) is 4.34. The van der Waals surface area contributed by atoms with Crippen LogP contribution in [0.25, 0.3) is 16.0 Å². The molecule has 1 amide bonds. The van der Waals surface area contributed by atoms with Gasteiger partial charge in [-0.2, -0.15) is 0 Å². The minimum atomic E-state index is -0.842. The molecule has 1 fully saturated rings. The molecule has 5 rings (SSSR count). The Balaban J connectivity index is 1.69. The second-order valence-electron chi connectivity index (χ2n) is 9.05. The number of ether oxygens (including phenoxy) is 2. The third-order valence-corrected chi connectivity index (χ3v) is 7.53. The van der Waals surface area contributed by atoms with E-state index < -0.39 is 17.7 Å². The number of thiazole rings is 1. The van der Waals surface area contributed by atoms with E-state index in [9.17, 15) is 14.7 Å². The van der Waals surface area contributed by atoms with Gasteiger partial charge in [0.15, 0.2) is 5.13 Å². The summed E-state index contributed by atoms with van der Waals surface area (Å²) in [7, 11) is 3.14. The first kappa shape index (κ1) is 24.5. The van der Waals surface area contributed by atoms with E-state index in [4.69, 9.17) is 9.47 Å². The maximum Gasteiger partial charge on any atom is 0.301 e. The van der Waals surface area contributed by atoms with E-state index >= 15 is 0 Å². The molecule has 37 heavy (non-hydrogen) atoms. The number of carbonyl (C=O) groups is 2. The average molecular weight is 515 g/mol. The topological polar surface area (TPSA) is 89.0 Å². The van der Waals surface area contributed by atoms with Crippen LogP contribution in [0, 0.1) is 0 Å². The van der Waals surface area contributed by atoms with Gasteiger partial charge in [0.1, 0.15) is 17.3 Å². The monoisotopic (exact) mass is 514 g/mol. The predicted molar refractivity (Wildman–Crippen MR) is 144 cm³/mol. The van der Waals surface area contributed by atoms with Gasteiger partial charge in [-0.1, -0.05) is 49.4 Å². The Morgan fingerprint density at radius 2 is 1.59 bits per heavy atom. The number of hydrogen-bond donors (Lipinski definition) is 1. The van der Waals surface area contributed by atoms with Gasteiger partial charge in [-0.3, -0.25) is 14.5 Å². The van der Waals surface area contributed by atoms with Crippen LogP contribution in [0.3, 0.4) is 0 Å². The minimum Gasteiger partial charge on any atom is -0.507 e. The highest BCUT2D eigenvalue weighted by atomic mass is 32.1. The van der Waals surface area contributed by atoms with Crippen LogP contribution in [0.2, 0.25) is 0 Å². The van der Waals surface area contributed by atoms with Crippen molar-refractivity contribution in [2.75, 3.05) is 19.1 Å². The number of anilines is 1. The minimum absolute atomic E-state index is 0.0179. The number of benzene rings is 3. The van der Waals surface area contributed by atoms with Crippen LogP contribution in [-0.2, 0) is 9.59 Å². The van der Waals surface area contributed by atoms with Gasteiger partial charge in [0.25, 0.3) is 5.78 Å². The van der Waals surface area contributed by atoms with E-state index in [0.717, 1.165) is 10.3 Å². The highest BCUT2D eigenvalue weighted by Gasteiger charge is 2.48. The molecule has 8 heteroatoms. The van der Waals surface area contributed by atoms with Crippen molar-refractivity contribution >= 4 is 44.1 Å². The van der Waals surface area contributed by atoms with Gasteiger partial charge in [-0.25, -0.2) is 4.98 Å². The summed E-state index contributed by atoms with van der Waals surface area (Å²) in [4.78, 5) is 32.9. The second kappa shape index (κ2) is 9.71. The molecule has 1 atom stereocenters. The molecule has 1 aliphatic rings. The first-order valence-electron chi connectivity index (χ1n) is 11.8. The first-order valence-corrected chi connectivity index (χ1v) is 12.6. The molecular weight excluding hydrogens is 488 g/mol. The number of aliphatic hydroxyl groups is 1. The van der Waals surface area contributed by atoms with E-state index in [1.54, 1.807) is 44.6 Å². The lowest BCUT2D eigenvalue weighted by atomic mass is 9.93. The fraction of sp³-hybridized carbons (Fsp3) is 0.207. The molecule has 0 bridgehead atoms. The van der Waals surface area contributed by atoms with Crippen molar-refractivity contribution in [3.63, 3.8) is 0 Å². The molecule has 1 saturated heterocycles. The summed E-state index contributed by atoms with van der Waals surface area (Å²) in [5, 5.41) is 11.7. The zero-order valence-electron chi connectivity index (χ0n) is 20.9. The van der Waals surface area contributed by atoms with Crippen molar-refractivity contribution in [3.8, 4) is 11.5 Å². The fourth-order valence-corrected chi connectivity index (χ4v) is 5.46. The van der Waals surface area contributed by atoms with Crippen molar-refractivity contribution in [1.82, 2.24) is 4.98 Å². The normalized spacial score (nSPS) is 17.1. The largest absolute Gasteiger partial charge is 0.507 e. The molecule has 4 aromatic rings. The maximum atomic E-state index is 13.5. The number of carbonyl (C=O) groups excluding carboxylic acids is 2. The summed E-state index contributed by atoms with van der Waals surface area (Å²) in [6.45, 7) is 4.19. The molecular formula is C29H26N2O5S. The number of rotatable bonds is 6. The number of aromatic nitrogens is 1. The fourth-order valence-electron chi connectivity index (χ4n) is 4.44. The lowest BCUT2D eigenvalue weighted by Crippen LogP contribution is -2.29. The molecule has 7 nitrogen and oxygen atoms in total. The molecule has 0 unspecified atom stereocenters. The molecule has 0 aliphatic carbocycles. The van der Waals surface area contributed by atoms with E-state index in [-0.39, 0.29) is 11.3 Å². The van der Waals surface area contributed by atoms with Crippen molar-refractivity contribution in [2.45, 2.75) is 25.8 Å². The van der Waals surface area contributed by atoms with Gasteiger partial charge in [-0.15, -0.1) is 0 Å². The Morgan fingerprint density at radius 1 is 0.946 bits per heavy atom. The highest BCUT2D eigenvalue weighted by molar-refractivity contribution is 7.22. The second-order valence-corrected chi connectivity index (χ2v) is 10.1.